The zero-order valence-corrected chi connectivity index (χ0v) is 18.7. The van der Waals surface area contributed by atoms with Crippen LogP contribution in [0.5, 0.6) is 0 Å². The lowest BCUT2D eigenvalue weighted by molar-refractivity contribution is -0.133. The Bertz CT molecular complexity index is 1070. The van der Waals surface area contributed by atoms with Gasteiger partial charge in [0, 0.05) is 31.7 Å². The van der Waals surface area contributed by atoms with Gasteiger partial charge < -0.3 is 9.80 Å². The molecule has 0 bridgehead atoms. The topological polar surface area (TPSA) is 60.9 Å². The molecule has 0 spiro atoms. The molecule has 2 aromatic rings. The second-order valence-electron chi connectivity index (χ2n) is 8.93. The molecule has 0 unspecified atom stereocenters. The molecule has 6 nitrogen and oxygen atoms in total. The van der Waals surface area contributed by atoms with Gasteiger partial charge in [-0.3, -0.25) is 4.79 Å². The van der Waals surface area contributed by atoms with E-state index in [1.54, 1.807) is 16.4 Å². The van der Waals surface area contributed by atoms with E-state index in [2.05, 4.69) is 11.8 Å². The highest BCUT2D eigenvalue weighted by atomic mass is 32.2. The second-order valence-corrected chi connectivity index (χ2v) is 10.8. The van der Waals surface area contributed by atoms with Crippen molar-refractivity contribution in [2.24, 2.45) is 0 Å². The molecule has 7 heteroatoms. The predicted molar refractivity (Wildman–Crippen MR) is 120 cm³/mol. The molecule has 164 valence electrons. The summed E-state index contributed by atoms with van der Waals surface area (Å²) < 4.78 is 28.9. The Labute approximate surface area is 184 Å². The number of amides is 1. The smallest absolute Gasteiger partial charge is 0.245 e. The number of likely N-dealkylation sites (tertiary alicyclic amines) is 1. The van der Waals surface area contributed by atoms with Gasteiger partial charge in [-0.25, -0.2) is 8.42 Å². The van der Waals surface area contributed by atoms with Gasteiger partial charge in [0.15, 0.2) is 0 Å². The summed E-state index contributed by atoms with van der Waals surface area (Å²) in [6.45, 7) is 3.64. The maximum absolute atomic E-state index is 13.6. The summed E-state index contributed by atoms with van der Waals surface area (Å²) >= 11 is 0. The van der Waals surface area contributed by atoms with Crippen LogP contribution in [0.25, 0.3) is 0 Å². The molecule has 3 heterocycles. The monoisotopic (exact) mass is 439 g/mol. The molecule has 0 aromatic heterocycles. The largest absolute Gasteiger partial charge is 0.354 e. The molecule has 5 rings (SSSR count). The van der Waals surface area contributed by atoms with Crippen molar-refractivity contribution in [1.29, 1.82) is 0 Å². The van der Waals surface area contributed by atoms with Crippen LogP contribution in [0.2, 0.25) is 0 Å². The fraction of sp³-hybridized carbons (Fsp3) is 0.458. The third-order valence-corrected chi connectivity index (χ3v) is 8.86. The Morgan fingerprint density at radius 3 is 2.48 bits per heavy atom. The average Bonchev–Trinajstić information content (AvgIpc) is 3.37. The Kier molecular flexibility index (Phi) is 5.26. The normalized spacial score (nSPS) is 27.6. The number of fused-ring (bicyclic) bond motifs is 3. The molecule has 2 fully saturated rings. The van der Waals surface area contributed by atoms with Gasteiger partial charge in [-0.2, -0.15) is 4.31 Å². The molecule has 3 aliphatic heterocycles. The van der Waals surface area contributed by atoms with E-state index in [1.807, 2.05) is 47.4 Å². The minimum Gasteiger partial charge on any atom is -0.354 e. The van der Waals surface area contributed by atoms with Crippen molar-refractivity contribution in [2.75, 3.05) is 18.0 Å². The molecule has 0 N–H and O–H groups in total. The molecule has 0 aliphatic carbocycles. The van der Waals surface area contributed by atoms with E-state index in [0.29, 0.717) is 23.7 Å². The van der Waals surface area contributed by atoms with E-state index >= 15 is 0 Å². The number of nitrogens with zero attached hydrogens (tertiary/aromatic N) is 3. The van der Waals surface area contributed by atoms with E-state index in [1.165, 1.54) is 0 Å². The number of benzene rings is 2. The van der Waals surface area contributed by atoms with Gasteiger partial charge in [-0.15, -0.1) is 0 Å². The number of para-hydroxylation sites is 1. The van der Waals surface area contributed by atoms with E-state index in [0.717, 1.165) is 37.8 Å². The Morgan fingerprint density at radius 2 is 1.74 bits per heavy atom. The van der Waals surface area contributed by atoms with Crippen LogP contribution in [0.4, 0.5) is 5.69 Å². The molecular formula is C24H29N3O3S. The first-order chi connectivity index (χ1) is 15.0. The van der Waals surface area contributed by atoms with Gasteiger partial charge in [0.25, 0.3) is 0 Å². The average molecular weight is 440 g/mol. The molecule has 3 aliphatic rings. The van der Waals surface area contributed by atoms with Gasteiger partial charge in [0.1, 0.15) is 10.9 Å². The molecule has 0 radical (unpaired) electrons. The van der Waals surface area contributed by atoms with E-state index in [9.17, 15) is 13.2 Å². The summed E-state index contributed by atoms with van der Waals surface area (Å²) in [4.78, 5) is 17.9. The molecular weight excluding hydrogens is 410 g/mol. The van der Waals surface area contributed by atoms with Crippen LogP contribution in [-0.2, 0) is 21.4 Å². The van der Waals surface area contributed by atoms with Crippen LogP contribution < -0.4 is 4.90 Å². The van der Waals surface area contributed by atoms with Crippen LogP contribution in [-0.4, -0.2) is 54.7 Å². The SMILES string of the molecule is C[C@@H]1CCCN1C(=O)[C@@H]1CC[C@H]2CN(Cc3ccccc3)S(=O)(=O)c3ccccc3N21. The molecule has 3 atom stereocenters. The fourth-order valence-corrected chi connectivity index (χ4v) is 7.07. The molecule has 2 saturated heterocycles. The zero-order valence-electron chi connectivity index (χ0n) is 17.9. The van der Waals surface area contributed by atoms with Gasteiger partial charge in [-0.05, 0) is 50.3 Å². The van der Waals surface area contributed by atoms with Crippen molar-refractivity contribution < 1.29 is 13.2 Å². The molecule has 2 aromatic carbocycles. The molecule has 31 heavy (non-hydrogen) atoms. The van der Waals surface area contributed by atoms with Crippen molar-refractivity contribution in [2.45, 2.75) is 62.2 Å². The van der Waals surface area contributed by atoms with Gasteiger partial charge in [-0.1, -0.05) is 42.5 Å². The Morgan fingerprint density at radius 1 is 1.00 bits per heavy atom. The second kappa shape index (κ2) is 7.95. The highest BCUT2D eigenvalue weighted by Gasteiger charge is 2.47. The quantitative estimate of drug-likeness (QED) is 0.737. The van der Waals surface area contributed by atoms with Crippen LogP contribution in [0.1, 0.15) is 38.2 Å². The first-order valence-electron chi connectivity index (χ1n) is 11.2. The first kappa shape index (κ1) is 20.5. The van der Waals surface area contributed by atoms with E-state index in [4.69, 9.17) is 0 Å². The van der Waals surface area contributed by atoms with Crippen LogP contribution in [0.15, 0.2) is 59.5 Å². The number of rotatable bonds is 3. The predicted octanol–water partition coefficient (Wildman–Crippen LogP) is 3.24. The maximum Gasteiger partial charge on any atom is 0.245 e. The van der Waals surface area contributed by atoms with E-state index in [-0.39, 0.29) is 24.0 Å². The maximum atomic E-state index is 13.6. The third kappa shape index (κ3) is 3.53. The summed E-state index contributed by atoms with van der Waals surface area (Å²) in [5, 5.41) is 0. The van der Waals surface area contributed by atoms with Gasteiger partial charge in [0.05, 0.1) is 5.69 Å². The first-order valence-corrected chi connectivity index (χ1v) is 12.6. The van der Waals surface area contributed by atoms with Gasteiger partial charge in [0.2, 0.25) is 15.9 Å². The van der Waals surface area contributed by atoms with Gasteiger partial charge >= 0.3 is 0 Å². The number of sulfonamides is 1. The van der Waals surface area contributed by atoms with Crippen LogP contribution in [0.3, 0.4) is 0 Å². The highest BCUT2D eigenvalue weighted by molar-refractivity contribution is 7.89. The lowest BCUT2D eigenvalue weighted by Crippen LogP contribution is -2.50. The number of hydrogen-bond donors (Lipinski definition) is 0. The summed E-state index contributed by atoms with van der Waals surface area (Å²) in [5.74, 6) is 0.149. The minimum atomic E-state index is -3.67. The third-order valence-electron chi connectivity index (χ3n) is 7.00. The fourth-order valence-electron chi connectivity index (χ4n) is 5.42. The van der Waals surface area contributed by atoms with Crippen molar-refractivity contribution in [1.82, 2.24) is 9.21 Å². The lowest BCUT2D eigenvalue weighted by Gasteiger charge is -2.34. The van der Waals surface area contributed by atoms with Crippen molar-refractivity contribution >= 4 is 21.6 Å². The Balaban J connectivity index is 1.53. The summed E-state index contributed by atoms with van der Waals surface area (Å²) in [5.41, 5.74) is 1.64. The number of anilines is 1. The standard InChI is InChI=1S/C24H29N3O3S/c1-18-8-7-15-26(18)24(28)22-14-13-20-17-25(16-19-9-3-2-4-10-19)31(29,30)23-12-6-5-11-21(23)27(20)22/h2-6,9-12,18,20,22H,7-8,13-17H2,1H3/t18-,20+,22+/m1/s1. The summed E-state index contributed by atoms with van der Waals surface area (Å²) in [6, 6.07) is 16.9. The number of carbonyl (C=O) groups excluding carboxylic acids is 1. The molecule has 1 amide bonds. The van der Waals surface area contributed by atoms with E-state index < -0.39 is 10.0 Å². The number of carbonyl (C=O) groups is 1. The van der Waals surface area contributed by atoms with Crippen molar-refractivity contribution in [3.63, 3.8) is 0 Å². The van der Waals surface area contributed by atoms with Crippen LogP contribution in [0, 0.1) is 0 Å². The summed E-state index contributed by atoms with van der Waals surface area (Å²) in [7, 11) is -3.67. The Hall–Kier alpha value is -2.38. The zero-order chi connectivity index (χ0) is 21.6. The molecule has 0 saturated carbocycles. The minimum absolute atomic E-state index is 0.00556. The van der Waals surface area contributed by atoms with Crippen molar-refractivity contribution in [3.05, 3.63) is 60.2 Å². The number of hydrogen-bond acceptors (Lipinski definition) is 4. The highest BCUT2D eigenvalue weighted by Crippen LogP contribution is 2.41. The lowest BCUT2D eigenvalue weighted by atomic mass is 10.1. The summed E-state index contributed by atoms with van der Waals surface area (Å²) in [6.07, 6.45) is 3.66. The van der Waals surface area contributed by atoms with Crippen molar-refractivity contribution in [3.8, 4) is 0 Å². The van der Waals surface area contributed by atoms with Crippen LogP contribution >= 0.6 is 0 Å².